The van der Waals surface area contributed by atoms with Gasteiger partial charge in [0.15, 0.2) is 0 Å². The van der Waals surface area contributed by atoms with Gasteiger partial charge in [0.1, 0.15) is 0 Å². The van der Waals surface area contributed by atoms with Gasteiger partial charge in [-0.15, -0.1) is 0 Å². The van der Waals surface area contributed by atoms with Crippen molar-refractivity contribution in [2.45, 2.75) is 32.4 Å². The van der Waals surface area contributed by atoms with E-state index in [9.17, 15) is 13.2 Å². The van der Waals surface area contributed by atoms with Crippen molar-refractivity contribution in [3.63, 3.8) is 0 Å². The maximum absolute atomic E-state index is 12.3. The highest BCUT2D eigenvalue weighted by molar-refractivity contribution is 5.49. The first-order chi connectivity index (χ1) is 9.04. The molecule has 1 aromatic rings. The lowest BCUT2D eigenvalue weighted by Gasteiger charge is -2.05. The van der Waals surface area contributed by atoms with Gasteiger partial charge in [-0.2, -0.15) is 13.2 Å². The molecule has 1 aromatic carbocycles. The molecule has 0 amide bonds. The van der Waals surface area contributed by atoms with Crippen molar-refractivity contribution < 1.29 is 17.9 Å². The summed E-state index contributed by atoms with van der Waals surface area (Å²) in [6, 6.07) is 5.13. The van der Waals surface area contributed by atoms with Crippen LogP contribution in [-0.2, 0) is 10.9 Å². The Labute approximate surface area is 112 Å². The molecule has 1 nitrogen and oxygen atoms in total. The van der Waals surface area contributed by atoms with Crippen LogP contribution in [-0.4, -0.2) is 13.2 Å². The van der Waals surface area contributed by atoms with Crippen molar-refractivity contribution in [1.29, 1.82) is 0 Å². The molecule has 0 aliphatic carbocycles. The molecular weight excluding hydrogens is 253 g/mol. The first kappa shape index (κ1) is 15.8. The first-order valence-corrected chi connectivity index (χ1v) is 6.45. The summed E-state index contributed by atoms with van der Waals surface area (Å²) in [5.41, 5.74) is 0.147. The van der Waals surface area contributed by atoms with Crippen LogP contribution in [0.5, 0.6) is 0 Å². The Morgan fingerprint density at radius 1 is 1.11 bits per heavy atom. The molecule has 0 N–H and O–H groups in total. The normalized spacial score (nSPS) is 12.2. The van der Waals surface area contributed by atoms with Crippen molar-refractivity contribution in [1.82, 2.24) is 0 Å². The van der Waals surface area contributed by atoms with Crippen LogP contribution in [0.4, 0.5) is 13.2 Å². The first-order valence-electron chi connectivity index (χ1n) is 6.45. The second-order valence-electron chi connectivity index (χ2n) is 4.28. The molecule has 0 spiro atoms. The van der Waals surface area contributed by atoms with Crippen molar-refractivity contribution in [3.05, 3.63) is 41.5 Å². The second kappa shape index (κ2) is 8.00. The Kier molecular flexibility index (Phi) is 6.64. The van der Waals surface area contributed by atoms with Gasteiger partial charge in [-0.1, -0.05) is 37.6 Å². The number of ether oxygens (including phenoxy) is 1. The van der Waals surface area contributed by atoms with E-state index >= 15 is 0 Å². The lowest BCUT2D eigenvalue weighted by Crippen LogP contribution is -2.03. The largest absolute Gasteiger partial charge is 0.416 e. The number of halogens is 3. The average molecular weight is 272 g/mol. The smallest absolute Gasteiger partial charge is 0.381 e. The minimum atomic E-state index is -4.27. The predicted molar refractivity (Wildman–Crippen MR) is 70.8 cm³/mol. The van der Waals surface area contributed by atoms with Crippen LogP contribution in [0.15, 0.2) is 30.3 Å². The van der Waals surface area contributed by atoms with Gasteiger partial charge in [-0.05, 0) is 30.5 Å². The van der Waals surface area contributed by atoms with E-state index in [1.165, 1.54) is 12.1 Å². The van der Waals surface area contributed by atoms with Crippen molar-refractivity contribution in [2.75, 3.05) is 13.2 Å². The predicted octanol–water partition coefficient (Wildman–Crippen LogP) is 4.93. The van der Waals surface area contributed by atoms with Crippen molar-refractivity contribution in [2.24, 2.45) is 0 Å². The zero-order chi connectivity index (χ0) is 14.1. The van der Waals surface area contributed by atoms with Gasteiger partial charge in [-0.3, -0.25) is 0 Å². The lowest BCUT2D eigenvalue weighted by atomic mass is 10.1. The fraction of sp³-hybridized carbons (Fsp3) is 0.467. The Morgan fingerprint density at radius 3 is 2.37 bits per heavy atom. The number of alkyl halides is 3. The molecule has 0 fully saturated rings. The number of benzene rings is 1. The topological polar surface area (TPSA) is 9.23 Å². The van der Waals surface area contributed by atoms with E-state index in [-0.39, 0.29) is 0 Å². The van der Waals surface area contributed by atoms with E-state index in [2.05, 4.69) is 6.92 Å². The minimum Gasteiger partial charge on any atom is -0.381 e. The second-order valence-corrected chi connectivity index (χ2v) is 4.28. The van der Waals surface area contributed by atoms with Gasteiger partial charge >= 0.3 is 6.18 Å². The average Bonchev–Trinajstić information content (AvgIpc) is 2.37. The summed E-state index contributed by atoms with van der Waals surface area (Å²) in [6.45, 7) is 3.52. The van der Waals surface area contributed by atoms with Crippen LogP contribution < -0.4 is 0 Å². The summed E-state index contributed by atoms with van der Waals surface area (Å²) in [4.78, 5) is 0. The van der Waals surface area contributed by atoms with Crippen LogP contribution in [0.2, 0.25) is 0 Å². The molecule has 0 heterocycles. The van der Waals surface area contributed by atoms with E-state index < -0.39 is 11.7 Å². The van der Waals surface area contributed by atoms with Crippen molar-refractivity contribution >= 4 is 6.08 Å². The van der Waals surface area contributed by atoms with E-state index in [1.54, 1.807) is 0 Å². The SMILES string of the molecule is CCCCOCC/C=C/c1ccc(C(F)(F)F)cc1. The van der Waals surface area contributed by atoms with Crippen LogP contribution in [0.25, 0.3) is 6.08 Å². The minimum absolute atomic E-state index is 0.618. The Hall–Kier alpha value is -1.29. The van der Waals surface area contributed by atoms with Crippen molar-refractivity contribution in [3.8, 4) is 0 Å². The third kappa shape index (κ3) is 6.43. The molecule has 0 aliphatic rings. The van der Waals surface area contributed by atoms with E-state index in [4.69, 9.17) is 4.74 Å². The Balaban J connectivity index is 2.33. The monoisotopic (exact) mass is 272 g/mol. The molecule has 0 atom stereocenters. The highest BCUT2D eigenvalue weighted by Crippen LogP contribution is 2.29. The fourth-order valence-electron chi connectivity index (χ4n) is 1.50. The maximum atomic E-state index is 12.3. The summed E-state index contributed by atoms with van der Waals surface area (Å²) in [5.74, 6) is 0. The Morgan fingerprint density at radius 2 is 1.79 bits per heavy atom. The molecule has 0 saturated heterocycles. The molecule has 4 heteroatoms. The zero-order valence-electron chi connectivity index (χ0n) is 11.0. The quantitative estimate of drug-likeness (QED) is 0.640. The van der Waals surface area contributed by atoms with E-state index in [1.807, 2.05) is 12.2 Å². The molecule has 1 rings (SSSR count). The lowest BCUT2D eigenvalue weighted by molar-refractivity contribution is -0.137. The fourth-order valence-corrected chi connectivity index (χ4v) is 1.50. The third-order valence-corrected chi connectivity index (χ3v) is 2.62. The van der Waals surface area contributed by atoms with Crippen LogP contribution in [0.3, 0.4) is 0 Å². The molecule has 0 aliphatic heterocycles. The van der Waals surface area contributed by atoms with Gasteiger partial charge in [0.25, 0.3) is 0 Å². The molecular formula is C15H19F3O. The van der Waals surface area contributed by atoms with Gasteiger partial charge in [0, 0.05) is 6.61 Å². The molecule has 0 radical (unpaired) electrons. The number of hydrogen-bond acceptors (Lipinski definition) is 1. The molecule has 0 aromatic heterocycles. The van der Waals surface area contributed by atoms with E-state index in [0.717, 1.165) is 43.6 Å². The van der Waals surface area contributed by atoms with Crippen LogP contribution in [0.1, 0.15) is 37.3 Å². The standard InChI is InChI=1S/C15H19F3O/c1-2-3-11-19-12-5-4-6-13-7-9-14(10-8-13)15(16,17)18/h4,6-10H,2-3,5,11-12H2,1H3/b6-4+. The summed E-state index contributed by atoms with van der Waals surface area (Å²) >= 11 is 0. The van der Waals surface area contributed by atoms with Crippen LogP contribution >= 0.6 is 0 Å². The third-order valence-electron chi connectivity index (χ3n) is 2.62. The summed E-state index contributed by atoms with van der Waals surface area (Å²) in [5, 5.41) is 0. The maximum Gasteiger partial charge on any atom is 0.416 e. The van der Waals surface area contributed by atoms with Gasteiger partial charge in [0.05, 0.1) is 12.2 Å². The van der Waals surface area contributed by atoms with E-state index in [0.29, 0.717) is 6.61 Å². The van der Waals surface area contributed by atoms with Gasteiger partial charge in [-0.25, -0.2) is 0 Å². The summed E-state index contributed by atoms with van der Waals surface area (Å²) in [6.07, 6.45) is 2.39. The molecule has 0 saturated carbocycles. The summed E-state index contributed by atoms with van der Waals surface area (Å²) < 4.78 is 42.4. The Bertz CT molecular complexity index is 379. The highest BCUT2D eigenvalue weighted by Gasteiger charge is 2.29. The summed E-state index contributed by atoms with van der Waals surface area (Å²) in [7, 11) is 0. The number of hydrogen-bond donors (Lipinski definition) is 0. The highest BCUT2D eigenvalue weighted by atomic mass is 19.4. The molecule has 0 unspecified atom stereocenters. The number of unbranched alkanes of at least 4 members (excludes halogenated alkanes) is 1. The molecule has 106 valence electrons. The molecule has 19 heavy (non-hydrogen) atoms. The molecule has 0 bridgehead atoms. The number of rotatable bonds is 7. The van der Waals surface area contributed by atoms with Gasteiger partial charge < -0.3 is 4.74 Å². The zero-order valence-corrected chi connectivity index (χ0v) is 11.0. The van der Waals surface area contributed by atoms with Crippen LogP contribution in [0, 0.1) is 0 Å². The van der Waals surface area contributed by atoms with Gasteiger partial charge in [0.2, 0.25) is 0 Å².